The van der Waals surface area contributed by atoms with E-state index in [1.165, 1.54) is 0 Å². The van der Waals surface area contributed by atoms with Crippen LogP contribution in [0, 0.1) is 6.92 Å². The molecule has 0 aliphatic heterocycles. The highest BCUT2D eigenvalue weighted by atomic mass is 35.5. The number of aliphatic hydroxyl groups is 1. The lowest BCUT2D eigenvalue weighted by Crippen LogP contribution is -2.31. The van der Waals surface area contributed by atoms with E-state index in [0.717, 1.165) is 16.1 Å². The van der Waals surface area contributed by atoms with E-state index in [1.807, 2.05) is 32.0 Å². The smallest absolute Gasteiger partial charge is 0.220 e. The zero-order valence-corrected chi connectivity index (χ0v) is 11.6. The van der Waals surface area contributed by atoms with Gasteiger partial charge in [-0.1, -0.05) is 30.7 Å². The number of aliphatic hydroxyl groups excluding tert-OH is 1. The highest BCUT2D eigenvalue weighted by molar-refractivity contribution is 6.31. The van der Waals surface area contributed by atoms with E-state index in [1.54, 1.807) is 0 Å². The van der Waals surface area contributed by atoms with Crippen LogP contribution in [0.4, 0.5) is 0 Å². The molecule has 2 N–H and O–H groups in total. The van der Waals surface area contributed by atoms with Crippen molar-refractivity contribution in [1.82, 2.24) is 5.32 Å². The minimum Gasteiger partial charge on any atom is -0.391 e. The van der Waals surface area contributed by atoms with Gasteiger partial charge < -0.3 is 10.4 Å². The van der Waals surface area contributed by atoms with Crippen LogP contribution in [0.1, 0.15) is 30.9 Å². The van der Waals surface area contributed by atoms with Gasteiger partial charge in [-0.3, -0.25) is 4.79 Å². The summed E-state index contributed by atoms with van der Waals surface area (Å²) < 4.78 is 0. The molecule has 100 valence electrons. The number of amides is 1. The van der Waals surface area contributed by atoms with E-state index in [-0.39, 0.29) is 5.91 Å². The Morgan fingerprint density at radius 1 is 1.50 bits per heavy atom. The molecule has 0 fully saturated rings. The average molecular weight is 270 g/mol. The normalized spacial score (nSPS) is 12.2. The topological polar surface area (TPSA) is 49.3 Å². The highest BCUT2D eigenvalue weighted by Gasteiger charge is 2.06. The van der Waals surface area contributed by atoms with Crippen molar-refractivity contribution in [3.63, 3.8) is 0 Å². The fourth-order valence-electron chi connectivity index (χ4n) is 1.51. The van der Waals surface area contributed by atoms with E-state index < -0.39 is 6.10 Å². The number of benzene rings is 1. The lowest BCUT2D eigenvalue weighted by Gasteiger charge is -2.09. The molecule has 0 saturated carbocycles. The van der Waals surface area contributed by atoms with Crippen molar-refractivity contribution in [1.29, 1.82) is 0 Å². The molecule has 1 aromatic carbocycles. The molecule has 3 nitrogen and oxygen atoms in total. The summed E-state index contributed by atoms with van der Waals surface area (Å²) in [6.45, 7) is 4.15. The number of halogens is 1. The summed E-state index contributed by atoms with van der Waals surface area (Å²) in [7, 11) is 0. The Bertz CT molecular complexity index is 407. The summed E-state index contributed by atoms with van der Waals surface area (Å²) in [4.78, 5) is 11.5. The molecule has 0 aromatic heterocycles. The van der Waals surface area contributed by atoms with Crippen molar-refractivity contribution in [2.24, 2.45) is 0 Å². The van der Waals surface area contributed by atoms with Crippen LogP contribution < -0.4 is 5.32 Å². The predicted molar refractivity (Wildman–Crippen MR) is 73.8 cm³/mol. The van der Waals surface area contributed by atoms with E-state index in [4.69, 9.17) is 11.6 Å². The van der Waals surface area contributed by atoms with Gasteiger partial charge in [0.05, 0.1) is 6.10 Å². The Morgan fingerprint density at radius 3 is 2.83 bits per heavy atom. The van der Waals surface area contributed by atoms with E-state index >= 15 is 0 Å². The molecular formula is C14H20ClNO2. The molecule has 0 aliphatic carbocycles. The lowest BCUT2D eigenvalue weighted by molar-refractivity contribution is -0.121. The molecule has 1 unspecified atom stereocenters. The lowest BCUT2D eigenvalue weighted by atomic mass is 10.1. The second-order valence-electron chi connectivity index (χ2n) is 4.45. The van der Waals surface area contributed by atoms with Gasteiger partial charge in [0.15, 0.2) is 0 Å². The van der Waals surface area contributed by atoms with Gasteiger partial charge in [0.1, 0.15) is 0 Å². The first-order chi connectivity index (χ1) is 8.52. The number of aryl methyl sites for hydroxylation is 2. The molecule has 4 heteroatoms. The van der Waals surface area contributed by atoms with E-state index in [0.29, 0.717) is 25.8 Å². The number of nitrogens with one attached hydrogen (secondary N) is 1. The molecule has 0 aliphatic rings. The minimum absolute atomic E-state index is 0.0424. The summed E-state index contributed by atoms with van der Waals surface area (Å²) in [5, 5.41) is 12.8. The SMILES string of the molecule is CCC(O)CNC(=O)CCc1ccc(C)c(Cl)c1. The van der Waals surface area contributed by atoms with Gasteiger partial charge in [0.2, 0.25) is 5.91 Å². The molecule has 18 heavy (non-hydrogen) atoms. The van der Waals surface area contributed by atoms with Crippen molar-refractivity contribution in [3.05, 3.63) is 34.3 Å². The summed E-state index contributed by atoms with van der Waals surface area (Å²) in [5.74, 6) is -0.0424. The van der Waals surface area contributed by atoms with Crippen LogP contribution in [0.5, 0.6) is 0 Å². The summed E-state index contributed by atoms with van der Waals surface area (Å²) >= 11 is 6.02. The van der Waals surface area contributed by atoms with E-state index in [2.05, 4.69) is 5.32 Å². The Balaban J connectivity index is 2.36. The van der Waals surface area contributed by atoms with Gasteiger partial charge >= 0.3 is 0 Å². The van der Waals surface area contributed by atoms with Crippen LogP contribution in [0.3, 0.4) is 0 Å². The van der Waals surface area contributed by atoms with Crippen molar-refractivity contribution in [3.8, 4) is 0 Å². The standard InChI is InChI=1S/C14H20ClNO2/c1-3-12(17)9-16-14(18)7-6-11-5-4-10(2)13(15)8-11/h4-5,8,12,17H,3,6-7,9H2,1-2H3,(H,16,18). The molecule has 1 rings (SSSR count). The molecule has 1 atom stereocenters. The van der Waals surface area contributed by atoms with Crippen molar-refractivity contribution in [2.75, 3.05) is 6.54 Å². The van der Waals surface area contributed by atoms with Gasteiger partial charge in [-0.2, -0.15) is 0 Å². The van der Waals surface area contributed by atoms with Crippen LogP contribution in [-0.4, -0.2) is 23.7 Å². The molecule has 0 spiro atoms. The first-order valence-electron chi connectivity index (χ1n) is 6.22. The van der Waals surface area contributed by atoms with Gasteiger partial charge in [0, 0.05) is 18.0 Å². The molecule has 0 bridgehead atoms. The fourth-order valence-corrected chi connectivity index (χ4v) is 1.72. The van der Waals surface area contributed by atoms with Crippen LogP contribution in [0.25, 0.3) is 0 Å². The minimum atomic E-state index is -0.456. The van der Waals surface area contributed by atoms with Crippen molar-refractivity contribution >= 4 is 17.5 Å². The first-order valence-corrected chi connectivity index (χ1v) is 6.60. The third kappa shape index (κ3) is 5.07. The fraction of sp³-hybridized carbons (Fsp3) is 0.500. The second-order valence-corrected chi connectivity index (χ2v) is 4.86. The van der Waals surface area contributed by atoms with Gasteiger partial charge in [-0.05, 0) is 37.0 Å². The maximum atomic E-state index is 11.5. The molecule has 0 radical (unpaired) electrons. The molecule has 0 saturated heterocycles. The Hall–Kier alpha value is -1.06. The van der Waals surface area contributed by atoms with Gasteiger partial charge in [-0.25, -0.2) is 0 Å². The summed E-state index contributed by atoms with van der Waals surface area (Å²) in [6.07, 6.45) is 1.26. The van der Waals surface area contributed by atoms with E-state index in [9.17, 15) is 9.90 Å². The zero-order valence-electron chi connectivity index (χ0n) is 10.9. The molecule has 1 aromatic rings. The molecule has 1 amide bonds. The number of hydrogen-bond donors (Lipinski definition) is 2. The Kier molecular flexibility index (Phi) is 6.16. The summed E-state index contributed by atoms with van der Waals surface area (Å²) in [5.41, 5.74) is 2.09. The number of carbonyl (C=O) groups excluding carboxylic acids is 1. The number of hydrogen-bond acceptors (Lipinski definition) is 2. The maximum Gasteiger partial charge on any atom is 0.220 e. The van der Waals surface area contributed by atoms with Crippen molar-refractivity contribution in [2.45, 2.75) is 39.2 Å². The third-order valence-corrected chi connectivity index (χ3v) is 3.29. The zero-order chi connectivity index (χ0) is 13.5. The summed E-state index contributed by atoms with van der Waals surface area (Å²) in [6, 6.07) is 5.83. The van der Waals surface area contributed by atoms with Crippen LogP contribution in [0.2, 0.25) is 5.02 Å². The van der Waals surface area contributed by atoms with Gasteiger partial charge in [-0.15, -0.1) is 0 Å². The number of rotatable bonds is 6. The quantitative estimate of drug-likeness (QED) is 0.834. The van der Waals surface area contributed by atoms with Gasteiger partial charge in [0.25, 0.3) is 0 Å². The predicted octanol–water partition coefficient (Wildman–Crippen LogP) is 2.47. The Morgan fingerprint density at radius 2 is 2.22 bits per heavy atom. The van der Waals surface area contributed by atoms with Crippen LogP contribution in [-0.2, 0) is 11.2 Å². The highest BCUT2D eigenvalue weighted by Crippen LogP contribution is 2.17. The largest absolute Gasteiger partial charge is 0.391 e. The van der Waals surface area contributed by atoms with Crippen LogP contribution in [0.15, 0.2) is 18.2 Å². The van der Waals surface area contributed by atoms with Crippen LogP contribution >= 0.6 is 11.6 Å². The monoisotopic (exact) mass is 269 g/mol. The van der Waals surface area contributed by atoms with Crippen molar-refractivity contribution < 1.29 is 9.90 Å². The average Bonchev–Trinajstić information content (AvgIpc) is 2.37. The maximum absolute atomic E-state index is 11.5. The second kappa shape index (κ2) is 7.39. The molecular weight excluding hydrogens is 250 g/mol. The third-order valence-electron chi connectivity index (χ3n) is 2.88. The molecule has 0 heterocycles. The number of carbonyl (C=O) groups is 1. The first kappa shape index (κ1) is 15.0. The Labute approximate surface area is 113 Å².